The summed E-state index contributed by atoms with van der Waals surface area (Å²) >= 11 is 6.01. The quantitative estimate of drug-likeness (QED) is 0.701. The second-order valence-electron chi connectivity index (χ2n) is 4.66. The van der Waals surface area contributed by atoms with Crippen LogP contribution in [-0.2, 0) is 6.42 Å². The number of benzene rings is 1. The summed E-state index contributed by atoms with van der Waals surface area (Å²) in [7, 11) is 0. The third-order valence-electron chi connectivity index (χ3n) is 3.10. The minimum Gasteiger partial charge on any atom is -0.357 e. The number of H-pyrrole nitrogens is 1. The number of hydrogen-bond donors (Lipinski definition) is 1. The van der Waals surface area contributed by atoms with Crippen LogP contribution in [0.5, 0.6) is 0 Å². The molecular formula is C17H12ClFN2. The van der Waals surface area contributed by atoms with E-state index in [-0.39, 0.29) is 5.82 Å². The fraction of sp³-hybridized carbons (Fsp3) is 0.118. The molecule has 2 aromatic heterocycles. The zero-order valence-corrected chi connectivity index (χ0v) is 11.9. The average Bonchev–Trinajstić information content (AvgIpc) is 2.88. The largest absolute Gasteiger partial charge is 0.357 e. The number of nitrogens with zero attached hydrogens (tertiary/aromatic N) is 1. The summed E-state index contributed by atoms with van der Waals surface area (Å²) in [6.07, 6.45) is 3.17. The summed E-state index contributed by atoms with van der Waals surface area (Å²) in [5, 5.41) is 1.18. The van der Waals surface area contributed by atoms with Crippen LogP contribution in [0.3, 0.4) is 0 Å². The second-order valence-corrected chi connectivity index (χ2v) is 5.07. The molecule has 21 heavy (non-hydrogen) atoms. The van der Waals surface area contributed by atoms with Crippen LogP contribution >= 0.6 is 11.6 Å². The molecule has 0 saturated heterocycles. The molecule has 104 valence electrons. The molecule has 4 heteroatoms. The molecule has 0 atom stereocenters. The molecule has 3 aromatic rings. The smallest absolute Gasteiger partial charge is 0.125 e. The zero-order valence-electron chi connectivity index (χ0n) is 11.2. The van der Waals surface area contributed by atoms with Gasteiger partial charge in [-0.05, 0) is 42.7 Å². The van der Waals surface area contributed by atoms with Crippen molar-refractivity contribution < 1.29 is 4.39 Å². The van der Waals surface area contributed by atoms with Gasteiger partial charge in [0.1, 0.15) is 11.5 Å². The molecule has 0 unspecified atom stereocenters. The van der Waals surface area contributed by atoms with Crippen molar-refractivity contribution in [1.82, 2.24) is 9.97 Å². The molecule has 2 nitrogen and oxygen atoms in total. The van der Waals surface area contributed by atoms with Crippen LogP contribution in [0.1, 0.15) is 17.8 Å². The molecule has 0 aliphatic carbocycles. The number of aromatic amines is 1. The summed E-state index contributed by atoms with van der Waals surface area (Å²) in [6.45, 7) is 0. The highest BCUT2D eigenvalue weighted by atomic mass is 35.5. The normalized spacial score (nSPS) is 10.4. The maximum absolute atomic E-state index is 13.3. The highest BCUT2D eigenvalue weighted by molar-refractivity contribution is 6.35. The molecule has 0 spiro atoms. The Morgan fingerprint density at radius 3 is 2.95 bits per heavy atom. The van der Waals surface area contributed by atoms with Crippen LogP contribution in [0.25, 0.3) is 10.9 Å². The number of hydrogen-bond acceptors (Lipinski definition) is 1. The van der Waals surface area contributed by atoms with Crippen LogP contribution in [-0.4, -0.2) is 9.97 Å². The third kappa shape index (κ3) is 3.24. The molecule has 0 aliphatic heterocycles. The molecule has 2 heterocycles. The first-order chi connectivity index (χ1) is 10.2. The van der Waals surface area contributed by atoms with Gasteiger partial charge in [0.15, 0.2) is 0 Å². The fourth-order valence-corrected chi connectivity index (χ4v) is 2.41. The van der Waals surface area contributed by atoms with Gasteiger partial charge in [0.05, 0.1) is 10.5 Å². The van der Waals surface area contributed by atoms with Crippen LogP contribution in [0.15, 0.2) is 42.6 Å². The Morgan fingerprint density at radius 2 is 2.14 bits per heavy atom. The van der Waals surface area contributed by atoms with Crippen molar-refractivity contribution in [2.24, 2.45) is 0 Å². The van der Waals surface area contributed by atoms with Gasteiger partial charge < -0.3 is 4.98 Å². The predicted octanol–water partition coefficient (Wildman–Crippen LogP) is 4.34. The summed E-state index contributed by atoms with van der Waals surface area (Å²) in [5.41, 5.74) is 2.53. The van der Waals surface area contributed by atoms with Crippen LogP contribution < -0.4 is 0 Å². The highest BCUT2D eigenvalue weighted by Crippen LogP contribution is 2.25. The number of pyridine rings is 1. The van der Waals surface area contributed by atoms with Crippen LogP contribution in [0.4, 0.5) is 4.39 Å². The lowest BCUT2D eigenvalue weighted by Crippen LogP contribution is -1.83. The summed E-state index contributed by atoms with van der Waals surface area (Å²) in [6, 6.07) is 10.3. The Balaban J connectivity index is 1.72. The lowest BCUT2D eigenvalue weighted by Gasteiger charge is -1.94. The molecule has 0 saturated carbocycles. The van der Waals surface area contributed by atoms with E-state index in [1.807, 2.05) is 24.3 Å². The van der Waals surface area contributed by atoms with E-state index >= 15 is 0 Å². The lowest BCUT2D eigenvalue weighted by atomic mass is 10.2. The molecule has 0 radical (unpaired) electrons. The molecular weight excluding hydrogens is 287 g/mol. The van der Waals surface area contributed by atoms with Gasteiger partial charge in [-0.3, -0.25) is 0 Å². The minimum atomic E-state index is -0.326. The van der Waals surface area contributed by atoms with Gasteiger partial charge in [0, 0.05) is 23.7 Å². The Labute approximate surface area is 127 Å². The fourth-order valence-electron chi connectivity index (χ4n) is 2.15. The van der Waals surface area contributed by atoms with E-state index in [9.17, 15) is 4.39 Å². The lowest BCUT2D eigenvalue weighted by molar-refractivity contribution is 0.630. The van der Waals surface area contributed by atoms with Crippen molar-refractivity contribution in [2.75, 3.05) is 0 Å². The average molecular weight is 299 g/mol. The Kier molecular flexibility index (Phi) is 3.89. The number of aromatic nitrogens is 2. The minimum absolute atomic E-state index is 0.326. The van der Waals surface area contributed by atoms with E-state index in [1.165, 1.54) is 12.1 Å². The van der Waals surface area contributed by atoms with E-state index in [1.54, 1.807) is 6.20 Å². The van der Waals surface area contributed by atoms with Crippen molar-refractivity contribution >= 4 is 22.5 Å². The van der Waals surface area contributed by atoms with E-state index in [2.05, 4.69) is 21.8 Å². The van der Waals surface area contributed by atoms with Crippen molar-refractivity contribution in [1.29, 1.82) is 0 Å². The number of fused-ring (bicyclic) bond motifs is 1. The highest BCUT2D eigenvalue weighted by Gasteiger charge is 2.06. The van der Waals surface area contributed by atoms with Gasteiger partial charge >= 0.3 is 0 Å². The second kappa shape index (κ2) is 5.99. The first-order valence-electron chi connectivity index (χ1n) is 6.59. The molecule has 0 bridgehead atoms. The maximum Gasteiger partial charge on any atom is 0.125 e. The standard InChI is InChI=1S/C17H12ClFN2/c18-16-11-13(19)9-12-10-15(21-17(12)16)7-2-1-5-14-6-3-4-8-20-14/h3-4,6,8-11,21H,2,7H2. The van der Waals surface area contributed by atoms with Gasteiger partial charge in [-0.1, -0.05) is 23.6 Å². The number of aryl methyl sites for hydroxylation is 1. The first-order valence-corrected chi connectivity index (χ1v) is 6.97. The summed E-state index contributed by atoms with van der Waals surface area (Å²) in [4.78, 5) is 7.35. The number of halogens is 2. The maximum atomic E-state index is 13.3. The SMILES string of the molecule is Fc1cc(Cl)c2[nH]c(CCC#Cc3ccccn3)cc2c1. The molecule has 0 fully saturated rings. The molecule has 1 N–H and O–H groups in total. The molecule has 0 amide bonds. The van der Waals surface area contributed by atoms with Gasteiger partial charge in [0.25, 0.3) is 0 Å². The third-order valence-corrected chi connectivity index (χ3v) is 3.40. The molecule has 1 aromatic carbocycles. The van der Waals surface area contributed by atoms with E-state index in [4.69, 9.17) is 11.6 Å². The number of nitrogens with one attached hydrogen (secondary N) is 1. The van der Waals surface area contributed by atoms with Crippen molar-refractivity contribution in [3.05, 3.63) is 64.8 Å². The van der Waals surface area contributed by atoms with E-state index in [0.29, 0.717) is 11.4 Å². The molecule has 3 rings (SSSR count). The van der Waals surface area contributed by atoms with Gasteiger partial charge in [-0.15, -0.1) is 0 Å². The Morgan fingerprint density at radius 1 is 1.24 bits per heavy atom. The summed E-state index contributed by atoms with van der Waals surface area (Å²) in [5.74, 6) is 5.76. The van der Waals surface area contributed by atoms with Crippen molar-refractivity contribution in [2.45, 2.75) is 12.8 Å². The monoisotopic (exact) mass is 298 g/mol. The Bertz CT molecular complexity index is 828. The first kappa shape index (κ1) is 13.7. The van der Waals surface area contributed by atoms with Crippen LogP contribution in [0, 0.1) is 17.7 Å². The Hall–Kier alpha value is -2.31. The van der Waals surface area contributed by atoms with Gasteiger partial charge in [0.2, 0.25) is 0 Å². The van der Waals surface area contributed by atoms with E-state index in [0.717, 1.165) is 28.7 Å². The number of rotatable bonds is 2. The summed E-state index contributed by atoms with van der Waals surface area (Å²) < 4.78 is 13.3. The van der Waals surface area contributed by atoms with Gasteiger partial charge in [-0.25, -0.2) is 9.37 Å². The van der Waals surface area contributed by atoms with Crippen molar-refractivity contribution in [3.8, 4) is 11.8 Å². The van der Waals surface area contributed by atoms with Crippen LogP contribution in [0.2, 0.25) is 5.02 Å². The zero-order chi connectivity index (χ0) is 14.7. The topological polar surface area (TPSA) is 28.7 Å². The predicted molar refractivity (Wildman–Crippen MR) is 82.7 cm³/mol. The van der Waals surface area contributed by atoms with Crippen molar-refractivity contribution in [3.63, 3.8) is 0 Å². The van der Waals surface area contributed by atoms with E-state index < -0.39 is 0 Å². The molecule has 0 aliphatic rings. The van der Waals surface area contributed by atoms with Gasteiger partial charge in [-0.2, -0.15) is 0 Å².